The molecule has 0 spiro atoms. The molecule has 2 nitrogen and oxygen atoms in total. The first-order valence-corrected chi connectivity index (χ1v) is 7.75. The third kappa shape index (κ3) is 6.82. The molecule has 0 amide bonds. The molecule has 0 bridgehead atoms. The molecule has 1 aromatic carbocycles. The highest BCUT2D eigenvalue weighted by atomic mass is 28.2. The van der Waals surface area contributed by atoms with Gasteiger partial charge in [0.1, 0.15) is 11.4 Å². The molecule has 2 radical (unpaired) electrons. The van der Waals surface area contributed by atoms with Gasteiger partial charge in [-0.1, -0.05) is 12.1 Å². The van der Waals surface area contributed by atoms with Crippen molar-refractivity contribution >= 4 is 9.76 Å². The average molecular weight is 264 g/mol. The summed E-state index contributed by atoms with van der Waals surface area (Å²) in [6.45, 7) is 9.07. The van der Waals surface area contributed by atoms with Gasteiger partial charge in [0, 0.05) is 6.61 Å². The topological polar surface area (TPSA) is 18.5 Å². The van der Waals surface area contributed by atoms with Crippen molar-refractivity contribution in [2.45, 2.75) is 52.2 Å². The van der Waals surface area contributed by atoms with E-state index < -0.39 is 0 Å². The monoisotopic (exact) mass is 264 g/mol. The van der Waals surface area contributed by atoms with Gasteiger partial charge in [0.2, 0.25) is 9.76 Å². The molecular formula is C15H24O2Si. The summed E-state index contributed by atoms with van der Waals surface area (Å²) in [5.41, 5.74) is 1.25. The molecule has 0 aromatic heterocycles. The van der Waals surface area contributed by atoms with E-state index in [0.29, 0.717) is 9.76 Å². The number of aryl methyl sites for hydroxylation is 1. The Kier molecular flexibility index (Phi) is 6.43. The molecule has 0 aliphatic rings. The molecular weight excluding hydrogens is 240 g/mol. The Balaban J connectivity index is 2.32. The Morgan fingerprint density at radius 1 is 1.11 bits per heavy atom. The van der Waals surface area contributed by atoms with Gasteiger partial charge < -0.3 is 9.16 Å². The number of benzene rings is 1. The minimum Gasteiger partial charge on any atom is -0.488 e. The van der Waals surface area contributed by atoms with Crippen LogP contribution in [0.4, 0.5) is 0 Å². The van der Waals surface area contributed by atoms with Gasteiger partial charge in [0.25, 0.3) is 0 Å². The molecule has 100 valence electrons. The number of hydrogen-bond acceptors (Lipinski definition) is 2. The van der Waals surface area contributed by atoms with E-state index in [2.05, 4.69) is 45.0 Å². The van der Waals surface area contributed by atoms with Gasteiger partial charge in [-0.25, -0.2) is 0 Å². The minimum absolute atomic E-state index is 0.125. The lowest BCUT2D eigenvalue weighted by Gasteiger charge is -2.21. The Morgan fingerprint density at radius 2 is 1.78 bits per heavy atom. The predicted molar refractivity (Wildman–Crippen MR) is 77.3 cm³/mol. The summed E-state index contributed by atoms with van der Waals surface area (Å²) < 4.78 is 11.1. The van der Waals surface area contributed by atoms with Crippen molar-refractivity contribution in [1.29, 1.82) is 0 Å². The van der Waals surface area contributed by atoms with Gasteiger partial charge in [-0.05, 0) is 64.3 Å². The van der Waals surface area contributed by atoms with Crippen molar-refractivity contribution in [1.82, 2.24) is 0 Å². The number of rotatable bonds is 7. The maximum atomic E-state index is 5.80. The smallest absolute Gasteiger partial charge is 0.229 e. The highest BCUT2D eigenvalue weighted by Crippen LogP contribution is 2.19. The van der Waals surface area contributed by atoms with Crippen molar-refractivity contribution < 1.29 is 9.16 Å². The van der Waals surface area contributed by atoms with E-state index in [1.807, 2.05) is 6.92 Å². The highest BCUT2D eigenvalue weighted by Gasteiger charge is 2.11. The van der Waals surface area contributed by atoms with Crippen LogP contribution in [0, 0.1) is 0 Å². The summed E-state index contributed by atoms with van der Waals surface area (Å²) >= 11 is 0. The standard InChI is InChI=1S/C15H24O2Si/c1-5-16-18-12-6-7-13-8-10-14(11-9-13)17-15(2,3)4/h8-11H,5-7,12H2,1-4H3. The molecule has 0 atom stereocenters. The molecule has 0 unspecified atom stereocenters. The lowest BCUT2D eigenvalue weighted by Crippen LogP contribution is -2.22. The van der Waals surface area contributed by atoms with E-state index in [1.165, 1.54) is 12.0 Å². The van der Waals surface area contributed by atoms with Crippen molar-refractivity contribution in [2.75, 3.05) is 6.61 Å². The Labute approximate surface area is 114 Å². The lowest BCUT2D eigenvalue weighted by molar-refractivity contribution is 0.131. The molecule has 0 N–H and O–H groups in total. The van der Waals surface area contributed by atoms with Crippen LogP contribution in [0.3, 0.4) is 0 Å². The second-order valence-electron chi connectivity index (χ2n) is 5.29. The van der Waals surface area contributed by atoms with Crippen molar-refractivity contribution in [2.24, 2.45) is 0 Å². The second kappa shape index (κ2) is 7.59. The fourth-order valence-electron chi connectivity index (χ4n) is 1.62. The van der Waals surface area contributed by atoms with E-state index >= 15 is 0 Å². The third-order valence-corrected chi connectivity index (χ3v) is 3.39. The van der Waals surface area contributed by atoms with Crippen LogP contribution in [0.15, 0.2) is 24.3 Å². The zero-order valence-corrected chi connectivity index (χ0v) is 13.0. The maximum absolute atomic E-state index is 5.80. The van der Waals surface area contributed by atoms with Gasteiger partial charge in [0.15, 0.2) is 0 Å². The largest absolute Gasteiger partial charge is 0.488 e. The summed E-state index contributed by atoms with van der Waals surface area (Å²) in [5.74, 6) is 0.947. The van der Waals surface area contributed by atoms with Gasteiger partial charge in [-0.2, -0.15) is 0 Å². The Bertz CT molecular complexity index is 327. The summed E-state index contributed by atoms with van der Waals surface area (Å²) in [4.78, 5) is 0. The van der Waals surface area contributed by atoms with E-state index in [0.717, 1.165) is 24.8 Å². The van der Waals surface area contributed by atoms with Gasteiger partial charge in [-0.3, -0.25) is 0 Å². The van der Waals surface area contributed by atoms with Crippen LogP contribution in [0.2, 0.25) is 6.04 Å². The molecule has 1 aromatic rings. The minimum atomic E-state index is -0.125. The number of ether oxygens (including phenoxy) is 1. The molecule has 3 heteroatoms. The van der Waals surface area contributed by atoms with E-state index in [-0.39, 0.29) is 5.60 Å². The first-order chi connectivity index (χ1) is 8.51. The van der Waals surface area contributed by atoms with E-state index in [1.54, 1.807) is 0 Å². The average Bonchev–Trinajstić information content (AvgIpc) is 2.29. The maximum Gasteiger partial charge on any atom is 0.229 e. The van der Waals surface area contributed by atoms with Crippen LogP contribution < -0.4 is 4.74 Å². The molecule has 0 saturated carbocycles. The molecule has 0 aliphatic heterocycles. The van der Waals surface area contributed by atoms with Gasteiger partial charge in [0.05, 0.1) is 0 Å². The Hall–Kier alpha value is -0.803. The zero-order chi connectivity index (χ0) is 13.4. The van der Waals surface area contributed by atoms with E-state index in [4.69, 9.17) is 9.16 Å². The zero-order valence-electron chi connectivity index (χ0n) is 12.0. The van der Waals surface area contributed by atoms with Gasteiger partial charge >= 0.3 is 0 Å². The summed E-state index contributed by atoms with van der Waals surface area (Å²) in [5, 5.41) is 0. The van der Waals surface area contributed by atoms with Gasteiger partial charge in [-0.15, -0.1) is 0 Å². The normalized spacial score (nSPS) is 11.6. The van der Waals surface area contributed by atoms with Crippen molar-refractivity contribution in [3.05, 3.63) is 29.8 Å². The summed E-state index contributed by atoms with van der Waals surface area (Å²) in [7, 11) is 0.649. The molecule has 0 aliphatic carbocycles. The second-order valence-corrected chi connectivity index (χ2v) is 6.37. The summed E-state index contributed by atoms with van der Waals surface area (Å²) in [6, 6.07) is 9.60. The van der Waals surface area contributed by atoms with Crippen LogP contribution >= 0.6 is 0 Å². The van der Waals surface area contributed by atoms with Crippen molar-refractivity contribution in [3.63, 3.8) is 0 Å². The highest BCUT2D eigenvalue weighted by molar-refractivity contribution is 6.26. The molecule has 0 saturated heterocycles. The predicted octanol–water partition coefficient (Wildman–Crippen LogP) is 3.87. The molecule has 0 fully saturated rings. The lowest BCUT2D eigenvalue weighted by atomic mass is 10.1. The SMILES string of the molecule is CCO[Si]CCCc1ccc(OC(C)(C)C)cc1. The van der Waals surface area contributed by atoms with Crippen LogP contribution in [-0.2, 0) is 10.8 Å². The van der Waals surface area contributed by atoms with Crippen LogP contribution in [0.5, 0.6) is 5.75 Å². The van der Waals surface area contributed by atoms with Crippen LogP contribution in [0.25, 0.3) is 0 Å². The third-order valence-electron chi connectivity index (χ3n) is 2.34. The molecule has 0 heterocycles. The van der Waals surface area contributed by atoms with Crippen LogP contribution in [0.1, 0.15) is 39.7 Å². The Morgan fingerprint density at radius 3 is 2.33 bits per heavy atom. The first-order valence-electron chi connectivity index (χ1n) is 6.64. The summed E-state index contributed by atoms with van der Waals surface area (Å²) in [6.07, 6.45) is 2.31. The van der Waals surface area contributed by atoms with Crippen molar-refractivity contribution in [3.8, 4) is 5.75 Å². The van der Waals surface area contributed by atoms with Crippen LogP contribution in [-0.4, -0.2) is 22.0 Å². The fraction of sp³-hybridized carbons (Fsp3) is 0.600. The van der Waals surface area contributed by atoms with E-state index in [9.17, 15) is 0 Å². The molecule has 1 rings (SSSR count). The molecule has 18 heavy (non-hydrogen) atoms. The number of hydrogen-bond donors (Lipinski definition) is 0. The quantitative estimate of drug-likeness (QED) is 0.550. The first kappa shape index (κ1) is 15.3. The fourth-order valence-corrected chi connectivity index (χ4v) is 2.29.